The van der Waals surface area contributed by atoms with Gasteiger partial charge in [-0.25, -0.2) is 19.6 Å². The second-order valence-electron chi connectivity index (χ2n) is 20.8. The van der Waals surface area contributed by atoms with Crippen LogP contribution in [-0.2, 0) is 24.5 Å². The molecule has 5 aromatic rings. The highest BCUT2D eigenvalue weighted by atomic mass is 35.5. The maximum Gasteiger partial charge on any atom is 0.407 e. The molecule has 3 saturated heterocycles. The van der Waals surface area contributed by atoms with Crippen molar-refractivity contribution in [1.29, 1.82) is 0 Å². The Morgan fingerprint density at radius 3 is 1.40 bits per heavy atom. The van der Waals surface area contributed by atoms with Crippen molar-refractivity contribution in [3.63, 3.8) is 0 Å². The van der Waals surface area contributed by atoms with Crippen molar-refractivity contribution < 1.29 is 28.7 Å². The number of aromatic nitrogens is 4. The Labute approximate surface area is 437 Å². The molecule has 0 saturated carbocycles. The van der Waals surface area contributed by atoms with E-state index in [0.717, 1.165) is 59.2 Å². The average Bonchev–Trinajstić information content (AvgIpc) is 4.22. The summed E-state index contributed by atoms with van der Waals surface area (Å²) in [7, 11) is 2.56. The van der Waals surface area contributed by atoms with Crippen LogP contribution in [0.1, 0.15) is 139 Å². The normalized spacial score (nSPS) is 20.1. The molecule has 18 heteroatoms. The molecule has 0 bridgehead atoms. The van der Waals surface area contributed by atoms with Crippen LogP contribution in [0.5, 0.6) is 0 Å². The molecule has 6 atom stereocenters. The highest BCUT2D eigenvalue weighted by molar-refractivity contribution is 6.33. The zero-order valence-electron chi connectivity index (χ0n) is 42.4. The van der Waals surface area contributed by atoms with Crippen molar-refractivity contribution in [1.82, 2.24) is 40.4 Å². The summed E-state index contributed by atoms with van der Waals surface area (Å²) in [6, 6.07) is 20.9. The number of aromatic amines is 2. The van der Waals surface area contributed by atoms with Crippen molar-refractivity contribution in [2.75, 3.05) is 32.2 Å². The van der Waals surface area contributed by atoms with Crippen LogP contribution in [0.25, 0.3) is 22.5 Å². The van der Waals surface area contributed by atoms with Gasteiger partial charge in [-0.15, -0.1) is 0 Å². The number of nitrogens with one attached hydrogen (secondary N) is 4. The highest BCUT2D eigenvalue weighted by Gasteiger charge is 2.41. The Morgan fingerprint density at radius 1 is 0.625 bits per heavy atom. The molecule has 15 nitrogen and oxygen atoms in total. The van der Waals surface area contributed by atoms with Crippen LogP contribution < -0.4 is 15.5 Å². The van der Waals surface area contributed by atoms with Gasteiger partial charge < -0.3 is 44.8 Å². The Morgan fingerprint density at radius 2 is 1.04 bits per heavy atom. The van der Waals surface area contributed by atoms with E-state index in [1.807, 2.05) is 52.0 Å². The fraction of sp³-hybridized carbons (Fsp3) is 0.481. The van der Waals surface area contributed by atoms with Crippen molar-refractivity contribution in [3.8, 4) is 22.5 Å². The molecule has 5 heterocycles. The third-order valence-electron chi connectivity index (χ3n) is 14.5. The van der Waals surface area contributed by atoms with Crippen LogP contribution in [-0.4, -0.2) is 93.1 Å². The lowest BCUT2D eigenvalue weighted by Crippen LogP contribution is -2.51. The molecule has 3 fully saturated rings. The van der Waals surface area contributed by atoms with Crippen molar-refractivity contribution in [2.45, 2.75) is 129 Å². The number of imidazole rings is 2. The maximum absolute atomic E-state index is 13.8. The second kappa shape index (κ2) is 21.8. The molecule has 0 spiro atoms. The SMILES string of the molecule is COC(=O)N[C@H](C(=O)N1CCC[C@H]1c1nc(-c2ccc([C@H]3CC[C@H](c4ccc(-c5nc([C@@H]6CCCN6C(=O)[C@@H](NC(=O)OC)C(C)C)[nH]c5Cl)cc4)N3c3ccc(C(C)(C)C)cc3Cl)cc2)c(Cl)[nH]1)C(C)C. The Balaban J connectivity index is 1.04. The minimum Gasteiger partial charge on any atom is -0.453 e. The van der Waals surface area contributed by atoms with Gasteiger partial charge >= 0.3 is 12.2 Å². The van der Waals surface area contributed by atoms with Gasteiger partial charge in [-0.2, -0.15) is 0 Å². The quantitative estimate of drug-likeness (QED) is 0.0893. The number of alkyl carbamates (subject to hydrolysis) is 2. The Bertz CT molecular complexity index is 2610. The predicted molar refractivity (Wildman–Crippen MR) is 281 cm³/mol. The third-order valence-corrected chi connectivity index (χ3v) is 15.3. The van der Waals surface area contributed by atoms with Crippen LogP contribution in [0.3, 0.4) is 0 Å². The number of methoxy groups -OCH3 is 2. The average molecular weight is 1040 g/mol. The van der Waals surface area contributed by atoms with Crippen LogP contribution in [0, 0.1) is 11.8 Å². The van der Waals surface area contributed by atoms with E-state index in [9.17, 15) is 19.2 Å². The molecule has 0 aliphatic carbocycles. The van der Waals surface area contributed by atoms with Gasteiger partial charge in [0, 0.05) is 24.2 Å². The van der Waals surface area contributed by atoms with Gasteiger partial charge in [-0.1, -0.05) is 138 Å². The van der Waals surface area contributed by atoms with Crippen molar-refractivity contribution in [2.24, 2.45) is 11.8 Å². The number of benzene rings is 3. The van der Waals surface area contributed by atoms with Gasteiger partial charge in [-0.05, 0) is 84.6 Å². The fourth-order valence-electron chi connectivity index (χ4n) is 10.5. The lowest BCUT2D eigenvalue weighted by atomic mass is 9.87. The summed E-state index contributed by atoms with van der Waals surface area (Å²) < 4.78 is 9.62. The number of rotatable bonds is 13. The molecular formula is C54H66Cl3N9O6. The van der Waals surface area contributed by atoms with Gasteiger partial charge in [-0.3, -0.25) is 9.59 Å². The minimum absolute atomic E-state index is 0.0176. The van der Waals surface area contributed by atoms with Crippen molar-refractivity contribution >= 4 is 64.5 Å². The molecule has 3 aliphatic heterocycles. The van der Waals surface area contributed by atoms with E-state index in [2.05, 4.69) is 88.7 Å². The first-order valence-corrected chi connectivity index (χ1v) is 26.0. The number of carbonyl (C=O) groups is 4. The lowest BCUT2D eigenvalue weighted by molar-refractivity contribution is -0.136. The zero-order valence-corrected chi connectivity index (χ0v) is 44.7. The molecular weight excluding hydrogens is 977 g/mol. The summed E-state index contributed by atoms with van der Waals surface area (Å²) in [4.78, 5) is 74.4. The molecule has 2 aromatic heterocycles. The zero-order chi connectivity index (χ0) is 51.8. The summed E-state index contributed by atoms with van der Waals surface area (Å²) in [5.41, 5.74) is 7.09. The number of hydrogen-bond donors (Lipinski definition) is 4. The molecule has 3 aromatic carbocycles. The standard InChI is InChI=1S/C54H66Cl3N9O6/c1-29(2)42(60-52(69)71-8)50(67)64-26-10-12-40(64)48-58-44(46(56)62-48)33-18-14-31(15-19-33)37-24-25-38(66(37)39-23-22-35(28-36(39)55)54(5,6)7)32-16-20-34(21-17-32)45-47(57)63-49(59-45)41-13-11-27-65(41)51(68)43(30(3)4)61-53(70)72-9/h14-23,28-30,37-38,40-43H,10-13,24-27H2,1-9H3,(H,58,62)(H,59,63)(H,60,69)(H,61,70)/t37-,38-,40+,41+,42+,43+/m1/s1. The number of likely N-dealkylation sites (tertiary alicyclic amines) is 2. The number of carbonyl (C=O) groups excluding carboxylic acids is 4. The van der Waals surface area contributed by atoms with Gasteiger partial charge in [0.2, 0.25) is 11.8 Å². The predicted octanol–water partition coefficient (Wildman–Crippen LogP) is 11.9. The number of amides is 4. The van der Waals surface area contributed by atoms with E-state index >= 15 is 0 Å². The number of hydrogen-bond acceptors (Lipinski definition) is 9. The summed E-state index contributed by atoms with van der Waals surface area (Å²) in [6.07, 6.45) is 3.41. The summed E-state index contributed by atoms with van der Waals surface area (Å²) in [5, 5.41) is 6.86. The number of H-pyrrole nitrogens is 2. The van der Waals surface area contributed by atoms with Crippen LogP contribution in [0.2, 0.25) is 15.3 Å². The van der Waals surface area contributed by atoms with Crippen LogP contribution in [0.4, 0.5) is 15.3 Å². The van der Waals surface area contributed by atoms with Crippen molar-refractivity contribution in [3.05, 3.63) is 110 Å². The molecule has 72 heavy (non-hydrogen) atoms. The molecule has 0 radical (unpaired) electrons. The first-order chi connectivity index (χ1) is 34.3. The summed E-state index contributed by atoms with van der Waals surface area (Å²) >= 11 is 21.0. The second-order valence-corrected chi connectivity index (χ2v) is 22.0. The minimum atomic E-state index is -0.746. The summed E-state index contributed by atoms with van der Waals surface area (Å²) in [5.74, 6) is 0.516. The monoisotopic (exact) mass is 1040 g/mol. The third kappa shape index (κ3) is 10.8. The van der Waals surface area contributed by atoms with Gasteiger partial charge in [0.25, 0.3) is 0 Å². The van der Waals surface area contributed by atoms with Gasteiger partial charge in [0.1, 0.15) is 45.4 Å². The molecule has 4 N–H and O–H groups in total. The Hall–Kier alpha value is -5.77. The number of nitrogens with zero attached hydrogens (tertiary/aromatic N) is 5. The van der Waals surface area contributed by atoms with E-state index in [4.69, 9.17) is 54.2 Å². The van der Waals surface area contributed by atoms with Gasteiger partial charge in [0.05, 0.1) is 49.1 Å². The molecule has 8 rings (SSSR count). The highest BCUT2D eigenvalue weighted by Crippen LogP contribution is 2.50. The topological polar surface area (TPSA) is 178 Å². The first-order valence-electron chi connectivity index (χ1n) is 24.9. The first kappa shape index (κ1) is 52.5. The molecule has 0 unspecified atom stereocenters. The van der Waals surface area contributed by atoms with Crippen LogP contribution in [0.15, 0.2) is 66.7 Å². The number of halogens is 3. The molecule has 3 aliphatic rings. The molecule has 4 amide bonds. The van der Waals surface area contributed by atoms with E-state index in [-0.39, 0.29) is 53.2 Å². The lowest BCUT2D eigenvalue weighted by Gasteiger charge is -2.34. The van der Waals surface area contributed by atoms with E-state index in [1.54, 1.807) is 9.80 Å². The Kier molecular flexibility index (Phi) is 15.9. The molecule has 384 valence electrons. The number of anilines is 1. The summed E-state index contributed by atoms with van der Waals surface area (Å²) in [6.45, 7) is 15.2. The maximum atomic E-state index is 13.8. The van der Waals surface area contributed by atoms with Gasteiger partial charge in [0.15, 0.2) is 0 Å². The van der Waals surface area contributed by atoms with E-state index in [1.165, 1.54) is 14.2 Å². The smallest absolute Gasteiger partial charge is 0.407 e. The van der Waals surface area contributed by atoms with E-state index in [0.29, 0.717) is 64.3 Å². The van der Waals surface area contributed by atoms with Crippen LogP contribution >= 0.6 is 34.8 Å². The van der Waals surface area contributed by atoms with E-state index < -0.39 is 24.3 Å². The fourth-order valence-corrected chi connectivity index (χ4v) is 11.3. The largest absolute Gasteiger partial charge is 0.453 e. The number of ether oxygens (including phenoxy) is 2.